The van der Waals surface area contributed by atoms with Crippen LogP contribution < -0.4 is 5.32 Å². The Morgan fingerprint density at radius 2 is 2.06 bits per heavy atom. The molecule has 16 heavy (non-hydrogen) atoms. The molecule has 0 bridgehead atoms. The van der Waals surface area contributed by atoms with Crippen LogP contribution in [0.2, 0.25) is 0 Å². The Kier molecular flexibility index (Phi) is 6.59. The van der Waals surface area contributed by atoms with Gasteiger partial charge < -0.3 is 15.2 Å². The van der Waals surface area contributed by atoms with Gasteiger partial charge in [0.1, 0.15) is 0 Å². The van der Waals surface area contributed by atoms with Crippen molar-refractivity contribution in [3.8, 4) is 0 Å². The van der Waals surface area contributed by atoms with Crippen molar-refractivity contribution in [2.75, 3.05) is 20.3 Å². The fourth-order valence-corrected chi connectivity index (χ4v) is 2.16. The lowest BCUT2D eigenvalue weighted by Crippen LogP contribution is -2.38. The summed E-state index contributed by atoms with van der Waals surface area (Å²) in [6.45, 7) is 3.53. The lowest BCUT2D eigenvalue weighted by atomic mass is 9.88. The molecule has 0 spiro atoms. The second-order valence-electron chi connectivity index (χ2n) is 4.06. The van der Waals surface area contributed by atoms with Gasteiger partial charge in [0, 0.05) is 6.54 Å². The van der Waals surface area contributed by atoms with Crippen LogP contribution in [-0.2, 0) is 14.3 Å². The number of rotatable bonds is 6. The van der Waals surface area contributed by atoms with E-state index in [0.29, 0.717) is 6.42 Å². The summed E-state index contributed by atoms with van der Waals surface area (Å²) < 4.78 is 4.65. The number of methoxy groups -OCH3 is 1. The highest BCUT2D eigenvalue weighted by atomic mass is 79.9. The molecule has 0 radical (unpaired) electrons. The third-order valence-electron chi connectivity index (χ3n) is 2.12. The summed E-state index contributed by atoms with van der Waals surface area (Å²) in [6, 6.07) is 0. The van der Waals surface area contributed by atoms with Crippen molar-refractivity contribution in [2.45, 2.75) is 25.1 Å². The van der Waals surface area contributed by atoms with Crippen LogP contribution in [-0.4, -0.2) is 42.1 Å². The Hall–Kier alpha value is -0.620. The first-order chi connectivity index (χ1) is 7.35. The zero-order valence-corrected chi connectivity index (χ0v) is 11.3. The van der Waals surface area contributed by atoms with Crippen LogP contribution in [0.5, 0.6) is 0 Å². The first kappa shape index (κ1) is 15.4. The van der Waals surface area contributed by atoms with Crippen LogP contribution in [0.15, 0.2) is 0 Å². The van der Waals surface area contributed by atoms with Crippen molar-refractivity contribution in [3.63, 3.8) is 0 Å². The molecule has 6 heteroatoms. The van der Waals surface area contributed by atoms with E-state index < -0.39 is 10.2 Å². The van der Waals surface area contributed by atoms with Crippen molar-refractivity contribution in [2.24, 2.45) is 5.41 Å². The molecule has 94 valence electrons. The van der Waals surface area contributed by atoms with Crippen LogP contribution in [0.4, 0.5) is 0 Å². The number of aliphatic hydroxyl groups is 1. The van der Waals surface area contributed by atoms with Crippen molar-refractivity contribution < 1.29 is 19.4 Å². The minimum atomic E-state index is -0.723. The molecule has 5 nitrogen and oxygen atoms in total. The van der Waals surface area contributed by atoms with E-state index in [4.69, 9.17) is 5.11 Å². The minimum absolute atomic E-state index is 0.105. The molecule has 0 fully saturated rings. The molecule has 2 N–H and O–H groups in total. The van der Waals surface area contributed by atoms with Gasteiger partial charge in [-0.05, 0) is 20.3 Å². The van der Waals surface area contributed by atoms with E-state index in [1.807, 2.05) is 0 Å². The molecule has 0 aromatic rings. The van der Waals surface area contributed by atoms with E-state index >= 15 is 0 Å². The van der Waals surface area contributed by atoms with Gasteiger partial charge in [-0.1, -0.05) is 15.9 Å². The number of amides is 1. The van der Waals surface area contributed by atoms with Gasteiger partial charge >= 0.3 is 5.97 Å². The molecule has 0 saturated heterocycles. The number of hydrogen-bond acceptors (Lipinski definition) is 4. The van der Waals surface area contributed by atoms with Gasteiger partial charge in [0.15, 0.2) is 0 Å². The molecule has 0 aliphatic rings. The van der Waals surface area contributed by atoms with Gasteiger partial charge in [0.2, 0.25) is 5.91 Å². The highest BCUT2D eigenvalue weighted by Crippen LogP contribution is 2.27. The fourth-order valence-electron chi connectivity index (χ4n) is 1.19. The predicted molar refractivity (Wildman–Crippen MR) is 63.2 cm³/mol. The minimum Gasteiger partial charge on any atom is -0.469 e. The molecule has 1 atom stereocenters. The number of esters is 1. The first-order valence-electron chi connectivity index (χ1n) is 4.96. The van der Waals surface area contributed by atoms with Gasteiger partial charge in [0.25, 0.3) is 0 Å². The summed E-state index contributed by atoms with van der Waals surface area (Å²) in [5.74, 6) is -0.599. The van der Waals surface area contributed by atoms with Gasteiger partial charge in [-0.15, -0.1) is 0 Å². The maximum absolute atomic E-state index is 11.5. The van der Waals surface area contributed by atoms with Gasteiger partial charge in [-0.25, -0.2) is 0 Å². The second-order valence-corrected chi connectivity index (χ2v) is 5.17. The molecule has 0 heterocycles. The smallest absolute Gasteiger partial charge is 0.311 e. The monoisotopic (exact) mass is 295 g/mol. The standard InChI is InChI=1S/C10H18BrNO4/c1-10(2,9(15)16-3)6-7(11)8(14)12-4-5-13/h7,13H,4-6H2,1-3H3,(H,12,14). The molecular formula is C10H18BrNO4. The molecule has 0 aromatic heterocycles. The van der Waals surface area contributed by atoms with Crippen LogP contribution in [0.1, 0.15) is 20.3 Å². The zero-order valence-electron chi connectivity index (χ0n) is 9.75. The fraction of sp³-hybridized carbons (Fsp3) is 0.800. The number of ether oxygens (including phenoxy) is 1. The molecule has 0 saturated carbocycles. The maximum atomic E-state index is 11.5. The van der Waals surface area contributed by atoms with Crippen molar-refractivity contribution >= 4 is 27.8 Å². The van der Waals surface area contributed by atoms with Crippen LogP contribution in [0, 0.1) is 5.41 Å². The van der Waals surface area contributed by atoms with Crippen LogP contribution >= 0.6 is 15.9 Å². The number of alkyl halides is 1. The highest BCUT2D eigenvalue weighted by molar-refractivity contribution is 9.10. The number of aliphatic hydroxyl groups excluding tert-OH is 1. The summed E-state index contributed by atoms with van der Waals surface area (Å²) >= 11 is 3.21. The van der Waals surface area contributed by atoms with Gasteiger partial charge in [-0.2, -0.15) is 0 Å². The number of halogens is 1. The summed E-state index contributed by atoms with van der Waals surface area (Å²) in [7, 11) is 1.32. The molecular weight excluding hydrogens is 278 g/mol. The number of carbonyl (C=O) groups is 2. The average Bonchev–Trinajstić information content (AvgIpc) is 2.23. The van der Waals surface area contributed by atoms with Crippen molar-refractivity contribution in [1.82, 2.24) is 5.32 Å². The third-order valence-corrected chi connectivity index (χ3v) is 2.86. The van der Waals surface area contributed by atoms with Crippen LogP contribution in [0.3, 0.4) is 0 Å². The summed E-state index contributed by atoms with van der Waals surface area (Å²) in [5, 5.41) is 11.1. The van der Waals surface area contributed by atoms with E-state index in [2.05, 4.69) is 26.0 Å². The Bertz CT molecular complexity index is 255. The Balaban J connectivity index is 4.26. The van der Waals surface area contributed by atoms with E-state index in [0.717, 1.165) is 0 Å². The number of hydrogen-bond donors (Lipinski definition) is 2. The maximum Gasteiger partial charge on any atom is 0.311 e. The molecule has 0 aromatic carbocycles. The largest absolute Gasteiger partial charge is 0.469 e. The SMILES string of the molecule is COC(=O)C(C)(C)CC(Br)C(=O)NCCO. The Morgan fingerprint density at radius 3 is 2.50 bits per heavy atom. The predicted octanol–water partition coefficient (Wildman–Crippen LogP) is 0.448. The highest BCUT2D eigenvalue weighted by Gasteiger charge is 2.33. The molecule has 0 aliphatic carbocycles. The van der Waals surface area contributed by atoms with E-state index in [9.17, 15) is 9.59 Å². The number of nitrogens with one attached hydrogen (secondary N) is 1. The zero-order chi connectivity index (χ0) is 12.8. The Morgan fingerprint density at radius 1 is 1.50 bits per heavy atom. The lowest BCUT2D eigenvalue weighted by molar-refractivity contribution is -0.151. The molecule has 0 aliphatic heterocycles. The summed E-state index contributed by atoms with van der Waals surface area (Å²) in [6.07, 6.45) is 0.330. The normalized spacial score (nSPS) is 13.1. The van der Waals surface area contributed by atoms with E-state index in [1.165, 1.54) is 7.11 Å². The molecule has 1 amide bonds. The van der Waals surface area contributed by atoms with Gasteiger partial charge in [0.05, 0.1) is 24.0 Å². The Labute approximate surface area is 104 Å². The average molecular weight is 296 g/mol. The van der Waals surface area contributed by atoms with Gasteiger partial charge in [-0.3, -0.25) is 9.59 Å². The van der Waals surface area contributed by atoms with E-state index in [1.54, 1.807) is 13.8 Å². The topological polar surface area (TPSA) is 75.6 Å². The second kappa shape index (κ2) is 6.85. The lowest BCUT2D eigenvalue weighted by Gasteiger charge is -2.23. The third kappa shape index (κ3) is 4.94. The molecule has 0 rings (SSSR count). The summed E-state index contributed by atoms with van der Waals surface area (Å²) in [4.78, 5) is 22.4. The number of carbonyl (C=O) groups excluding carboxylic acids is 2. The molecule has 1 unspecified atom stereocenters. The quantitative estimate of drug-likeness (QED) is 0.551. The first-order valence-corrected chi connectivity index (χ1v) is 5.87. The summed E-state index contributed by atoms with van der Waals surface area (Å²) in [5.41, 5.74) is -0.723. The van der Waals surface area contributed by atoms with Crippen molar-refractivity contribution in [1.29, 1.82) is 0 Å². The van der Waals surface area contributed by atoms with E-state index in [-0.39, 0.29) is 25.0 Å². The van der Waals surface area contributed by atoms with Crippen LogP contribution in [0.25, 0.3) is 0 Å². The van der Waals surface area contributed by atoms with Crippen molar-refractivity contribution in [3.05, 3.63) is 0 Å².